The average molecular weight is 271 g/mol. The van der Waals surface area contributed by atoms with Crippen molar-refractivity contribution in [2.24, 2.45) is 0 Å². The second-order valence-corrected chi connectivity index (χ2v) is 5.97. The van der Waals surface area contributed by atoms with E-state index >= 15 is 0 Å². The molecule has 2 rings (SSSR count). The summed E-state index contributed by atoms with van der Waals surface area (Å²) in [5, 5.41) is 9.76. The van der Waals surface area contributed by atoms with E-state index < -0.39 is 15.0 Å². The molecule has 0 atom stereocenters. The number of fused-ring (bicyclic) bond motifs is 1. The highest BCUT2D eigenvalue weighted by molar-refractivity contribution is 8.14. The normalized spacial score (nSPS) is 11.6. The summed E-state index contributed by atoms with van der Waals surface area (Å²) in [4.78, 5) is 10.8. The molecule has 0 spiro atoms. The van der Waals surface area contributed by atoms with Gasteiger partial charge in [0, 0.05) is 16.1 Å². The van der Waals surface area contributed by atoms with Crippen molar-refractivity contribution in [1.29, 1.82) is 0 Å². The molecule has 1 N–H and O–H groups in total. The molecule has 4 nitrogen and oxygen atoms in total. The van der Waals surface area contributed by atoms with Gasteiger partial charge < -0.3 is 5.11 Å². The van der Waals surface area contributed by atoms with Crippen LogP contribution >= 0.6 is 10.7 Å². The van der Waals surface area contributed by atoms with Crippen molar-refractivity contribution in [3.63, 3.8) is 0 Å². The summed E-state index contributed by atoms with van der Waals surface area (Å²) in [6.45, 7) is 0. The second-order valence-electron chi connectivity index (χ2n) is 3.44. The largest absolute Gasteiger partial charge is 0.478 e. The molecule has 0 radical (unpaired) electrons. The maximum absolute atomic E-state index is 11.3. The van der Waals surface area contributed by atoms with Crippen LogP contribution in [-0.2, 0) is 9.05 Å². The van der Waals surface area contributed by atoms with Crippen LogP contribution in [0.5, 0.6) is 0 Å². The summed E-state index contributed by atoms with van der Waals surface area (Å²) in [6.07, 6.45) is 0. The number of benzene rings is 2. The average Bonchev–Trinajstić information content (AvgIpc) is 2.26. The van der Waals surface area contributed by atoms with E-state index in [-0.39, 0.29) is 10.5 Å². The van der Waals surface area contributed by atoms with Crippen LogP contribution in [0, 0.1) is 0 Å². The highest BCUT2D eigenvalue weighted by Crippen LogP contribution is 2.26. The summed E-state index contributed by atoms with van der Waals surface area (Å²) >= 11 is 0. The molecule has 17 heavy (non-hydrogen) atoms. The Labute approximate surface area is 102 Å². The fourth-order valence-corrected chi connectivity index (χ4v) is 2.69. The van der Waals surface area contributed by atoms with Crippen LogP contribution in [0.2, 0.25) is 0 Å². The molecule has 0 saturated carbocycles. The van der Waals surface area contributed by atoms with Gasteiger partial charge in [-0.15, -0.1) is 0 Å². The van der Waals surface area contributed by atoms with Crippen LogP contribution in [0.4, 0.5) is 0 Å². The highest BCUT2D eigenvalue weighted by atomic mass is 35.7. The van der Waals surface area contributed by atoms with Crippen LogP contribution in [-0.4, -0.2) is 19.5 Å². The summed E-state index contributed by atoms with van der Waals surface area (Å²) in [7, 11) is 1.46. The van der Waals surface area contributed by atoms with Crippen molar-refractivity contribution in [2.75, 3.05) is 0 Å². The van der Waals surface area contributed by atoms with Gasteiger partial charge in [0.1, 0.15) is 0 Å². The third-order valence-corrected chi connectivity index (χ3v) is 3.73. The fraction of sp³-hybridized carbons (Fsp3) is 0. The lowest BCUT2D eigenvalue weighted by atomic mass is 10.1. The molecular weight excluding hydrogens is 264 g/mol. The van der Waals surface area contributed by atoms with Crippen molar-refractivity contribution in [3.05, 3.63) is 42.0 Å². The number of hydrogen-bond donors (Lipinski definition) is 1. The maximum atomic E-state index is 11.3. The van der Waals surface area contributed by atoms with Gasteiger partial charge in [0.15, 0.2) is 0 Å². The lowest BCUT2D eigenvalue weighted by molar-refractivity contribution is 0.0697. The predicted octanol–water partition coefficient (Wildman–Crippen LogP) is 2.47. The van der Waals surface area contributed by atoms with Gasteiger partial charge in [-0.05, 0) is 23.6 Å². The number of hydrogen-bond acceptors (Lipinski definition) is 3. The number of halogens is 1. The smallest absolute Gasteiger partial charge is 0.335 e. The van der Waals surface area contributed by atoms with Gasteiger partial charge in [-0.2, -0.15) is 0 Å². The molecule has 0 aliphatic carbocycles. The van der Waals surface area contributed by atoms with Crippen molar-refractivity contribution in [1.82, 2.24) is 0 Å². The van der Waals surface area contributed by atoms with E-state index in [2.05, 4.69) is 0 Å². The number of aromatic carboxylic acids is 1. The zero-order valence-electron chi connectivity index (χ0n) is 8.42. The van der Waals surface area contributed by atoms with Crippen molar-refractivity contribution >= 4 is 36.5 Å². The molecule has 0 unspecified atom stereocenters. The highest BCUT2D eigenvalue weighted by Gasteiger charge is 2.14. The Bertz CT molecular complexity index is 706. The van der Waals surface area contributed by atoms with Gasteiger partial charge >= 0.3 is 5.97 Å². The molecule has 6 heteroatoms. The summed E-state index contributed by atoms with van der Waals surface area (Å²) < 4.78 is 22.6. The van der Waals surface area contributed by atoms with Crippen LogP contribution in [0.25, 0.3) is 10.8 Å². The van der Waals surface area contributed by atoms with E-state index in [4.69, 9.17) is 15.8 Å². The Morgan fingerprint density at radius 1 is 1.18 bits per heavy atom. The molecule has 0 bridgehead atoms. The third kappa shape index (κ3) is 2.25. The van der Waals surface area contributed by atoms with Crippen LogP contribution in [0.3, 0.4) is 0 Å². The summed E-state index contributed by atoms with van der Waals surface area (Å²) in [6, 6.07) is 8.72. The van der Waals surface area contributed by atoms with Crippen molar-refractivity contribution < 1.29 is 18.3 Å². The lowest BCUT2D eigenvalue weighted by Crippen LogP contribution is -1.97. The van der Waals surface area contributed by atoms with Crippen LogP contribution in [0.1, 0.15) is 10.4 Å². The van der Waals surface area contributed by atoms with Gasteiger partial charge in [-0.3, -0.25) is 0 Å². The molecule has 0 aliphatic heterocycles. The molecule has 88 valence electrons. The van der Waals surface area contributed by atoms with Gasteiger partial charge in [0.2, 0.25) is 0 Å². The van der Waals surface area contributed by atoms with E-state index in [9.17, 15) is 13.2 Å². The number of rotatable bonds is 2. The minimum Gasteiger partial charge on any atom is -0.478 e. The first-order valence-corrected chi connectivity index (χ1v) is 6.91. The first-order valence-electron chi connectivity index (χ1n) is 4.60. The molecule has 0 aliphatic rings. The Kier molecular flexibility index (Phi) is 2.81. The summed E-state index contributed by atoms with van der Waals surface area (Å²) in [5.74, 6) is -1.06. The van der Waals surface area contributed by atoms with Crippen LogP contribution < -0.4 is 0 Å². The van der Waals surface area contributed by atoms with Crippen LogP contribution in [0.15, 0.2) is 41.3 Å². The maximum Gasteiger partial charge on any atom is 0.335 e. The van der Waals surface area contributed by atoms with E-state index in [1.807, 2.05) is 0 Å². The van der Waals surface area contributed by atoms with Gasteiger partial charge in [0.25, 0.3) is 9.05 Å². The number of carbonyl (C=O) groups is 1. The Balaban J connectivity index is 2.81. The lowest BCUT2D eigenvalue weighted by Gasteiger charge is -2.04. The first-order chi connectivity index (χ1) is 7.89. The van der Waals surface area contributed by atoms with Gasteiger partial charge in [-0.25, -0.2) is 13.2 Å². The standard InChI is InChI=1S/C11H7ClO4S/c12-17(15,16)10-3-1-2-7-6-8(11(13)14)4-5-9(7)10/h1-6H,(H,13,14). The topological polar surface area (TPSA) is 71.4 Å². The molecule has 0 heterocycles. The minimum atomic E-state index is -3.84. The first kappa shape index (κ1) is 11.9. The SMILES string of the molecule is O=C(O)c1ccc2c(S(=O)(=O)Cl)cccc2c1. The molecule has 0 fully saturated rings. The monoisotopic (exact) mass is 270 g/mol. The molecular formula is C11H7ClO4S. The predicted molar refractivity (Wildman–Crippen MR) is 63.9 cm³/mol. The quantitative estimate of drug-likeness (QED) is 0.851. The third-order valence-electron chi connectivity index (χ3n) is 2.35. The number of carboxylic acid groups (broad SMARTS) is 1. The molecule has 0 saturated heterocycles. The zero-order chi connectivity index (χ0) is 12.6. The molecule has 2 aromatic rings. The van der Waals surface area contributed by atoms with Gasteiger partial charge in [-0.1, -0.05) is 18.2 Å². The molecule has 0 amide bonds. The minimum absolute atomic E-state index is 0.0198. The second kappa shape index (κ2) is 4.01. The fourth-order valence-electron chi connectivity index (χ4n) is 1.60. The Hall–Kier alpha value is -1.59. The molecule has 2 aromatic carbocycles. The Morgan fingerprint density at radius 3 is 2.47 bits per heavy atom. The van der Waals surface area contributed by atoms with Crippen molar-refractivity contribution in [2.45, 2.75) is 4.90 Å². The van der Waals surface area contributed by atoms with E-state index in [1.54, 1.807) is 6.07 Å². The Morgan fingerprint density at radius 2 is 1.88 bits per heavy atom. The van der Waals surface area contributed by atoms with Gasteiger partial charge in [0.05, 0.1) is 10.5 Å². The summed E-state index contributed by atoms with van der Waals surface area (Å²) in [5.41, 5.74) is 0.0987. The van der Waals surface area contributed by atoms with Crippen molar-refractivity contribution in [3.8, 4) is 0 Å². The van der Waals surface area contributed by atoms with E-state index in [0.29, 0.717) is 10.8 Å². The number of carboxylic acids is 1. The van der Waals surface area contributed by atoms with E-state index in [0.717, 1.165) is 0 Å². The zero-order valence-corrected chi connectivity index (χ0v) is 9.99. The van der Waals surface area contributed by atoms with E-state index in [1.165, 1.54) is 30.3 Å². The molecule has 0 aromatic heterocycles.